The van der Waals surface area contributed by atoms with E-state index in [9.17, 15) is 22.8 Å². The molecule has 0 aromatic heterocycles. The molecular weight excluding hydrogens is 386 g/mol. The van der Waals surface area contributed by atoms with Gasteiger partial charge in [-0.2, -0.15) is 0 Å². The summed E-state index contributed by atoms with van der Waals surface area (Å²) in [6.07, 6.45) is 2.61. The molecule has 4 bridgehead atoms. The maximum Gasteiger partial charge on any atom is 0.312 e. The lowest BCUT2D eigenvalue weighted by atomic mass is 9.54. The molecule has 4 atom stereocenters. The van der Waals surface area contributed by atoms with Crippen molar-refractivity contribution in [1.82, 2.24) is 4.72 Å². The molecule has 0 aromatic rings. The molecule has 0 aromatic carbocycles. The van der Waals surface area contributed by atoms with Crippen molar-refractivity contribution in [3.8, 4) is 0 Å². The van der Waals surface area contributed by atoms with Crippen molar-refractivity contribution >= 4 is 27.7 Å². The fourth-order valence-corrected chi connectivity index (χ4v) is 5.35. The summed E-state index contributed by atoms with van der Waals surface area (Å²) < 4.78 is 37.1. The molecule has 4 unspecified atom stereocenters. The number of nitrogens with one attached hydrogen (secondary N) is 1. The van der Waals surface area contributed by atoms with E-state index in [1.54, 1.807) is 13.8 Å². The minimum atomic E-state index is -3.75. The summed E-state index contributed by atoms with van der Waals surface area (Å²) in [5.74, 6) is -1.65. The zero-order valence-electron chi connectivity index (χ0n) is 16.9. The molecule has 2 saturated heterocycles. The third-order valence-corrected chi connectivity index (χ3v) is 7.11. The van der Waals surface area contributed by atoms with Crippen LogP contribution in [0, 0.1) is 16.7 Å². The number of hydrogen-bond donors (Lipinski definition) is 1. The lowest BCUT2D eigenvalue weighted by Gasteiger charge is -2.56. The minimum Gasteiger partial charge on any atom is -0.458 e. The molecule has 2 heterocycles. The Morgan fingerprint density at radius 2 is 1.93 bits per heavy atom. The molecule has 158 valence electrons. The van der Waals surface area contributed by atoms with Crippen molar-refractivity contribution in [2.45, 2.75) is 71.0 Å². The van der Waals surface area contributed by atoms with E-state index in [1.165, 1.54) is 0 Å². The molecule has 1 amide bonds. The van der Waals surface area contributed by atoms with Crippen LogP contribution in [-0.2, 0) is 33.9 Å². The Kier molecular flexibility index (Phi) is 5.15. The molecule has 4 fully saturated rings. The van der Waals surface area contributed by atoms with Gasteiger partial charge in [0.15, 0.2) is 5.78 Å². The first-order valence-electron chi connectivity index (χ1n) is 9.70. The van der Waals surface area contributed by atoms with E-state index in [0.717, 1.165) is 6.26 Å². The number of fused-ring (bicyclic) bond motifs is 2. The number of esters is 1. The molecule has 2 aliphatic carbocycles. The Hall–Kier alpha value is -1.48. The van der Waals surface area contributed by atoms with Crippen molar-refractivity contribution < 1.29 is 32.3 Å². The van der Waals surface area contributed by atoms with Crippen molar-refractivity contribution in [2.24, 2.45) is 16.7 Å². The predicted molar refractivity (Wildman–Crippen MR) is 99.6 cm³/mol. The number of sulfonamides is 1. The SMILES string of the molecule is CCC(C)(C)C(=O)OC12CC3CC(C(=O)NS(C)(=O)=O)(CC(C1)C(=O)CO3)C2. The third kappa shape index (κ3) is 3.96. The summed E-state index contributed by atoms with van der Waals surface area (Å²) in [6.45, 7) is 5.46. The van der Waals surface area contributed by atoms with Gasteiger partial charge >= 0.3 is 5.97 Å². The fraction of sp³-hybridized carbons (Fsp3) is 0.842. The molecule has 0 spiro atoms. The smallest absolute Gasteiger partial charge is 0.312 e. The molecule has 28 heavy (non-hydrogen) atoms. The van der Waals surface area contributed by atoms with E-state index in [2.05, 4.69) is 4.72 Å². The lowest BCUT2D eigenvalue weighted by molar-refractivity contribution is -0.212. The predicted octanol–water partition coefficient (Wildman–Crippen LogP) is 1.33. The molecular formula is C19H29NO7S. The monoisotopic (exact) mass is 415 g/mol. The van der Waals surface area contributed by atoms with Crippen LogP contribution >= 0.6 is 0 Å². The molecule has 2 saturated carbocycles. The maximum atomic E-state index is 13.0. The quantitative estimate of drug-likeness (QED) is 0.673. The molecule has 1 N–H and O–H groups in total. The van der Waals surface area contributed by atoms with Crippen LogP contribution in [0.25, 0.3) is 0 Å². The summed E-state index contributed by atoms with van der Waals surface area (Å²) in [5, 5.41) is 0. The largest absolute Gasteiger partial charge is 0.458 e. The van der Waals surface area contributed by atoms with Crippen LogP contribution in [-0.4, -0.2) is 50.6 Å². The maximum absolute atomic E-state index is 13.0. The van der Waals surface area contributed by atoms with Crippen molar-refractivity contribution in [1.29, 1.82) is 0 Å². The zero-order valence-corrected chi connectivity index (χ0v) is 17.7. The summed E-state index contributed by atoms with van der Waals surface area (Å²) in [4.78, 5) is 38.3. The Labute approximate surface area is 165 Å². The van der Waals surface area contributed by atoms with Crippen molar-refractivity contribution in [2.75, 3.05) is 12.9 Å². The number of Topliss-reactive ketones (excluding diaryl/α,β-unsaturated/α-hetero) is 1. The van der Waals surface area contributed by atoms with Gasteiger partial charge in [0.05, 0.1) is 23.2 Å². The van der Waals surface area contributed by atoms with Crippen LogP contribution in [0.3, 0.4) is 0 Å². The van der Waals surface area contributed by atoms with E-state index >= 15 is 0 Å². The van der Waals surface area contributed by atoms with Gasteiger partial charge in [-0.15, -0.1) is 0 Å². The number of hydrogen-bond acceptors (Lipinski definition) is 7. The van der Waals surface area contributed by atoms with Gasteiger partial charge in [0, 0.05) is 18.8 Å². The number of carbonyl (C=O) groups is 3. The van der Waals surface area contributed by atoms with E-state index in [-0.39, 0.29) is 31.2 Å². The summed E-state index contributed by atoms with van der Waals surface area (Å²) >= 11 is 0. The standard InChI is InChI=1S/C19H29NO7S/c1-5-17(2,3)16(23)27-19-7-12-6-18(11-19,15(22)20-28(4,24)25)8-13(9-19)26-10-14(12)21/h12-13H,5-11H2,1-4H3,(H,20,22). The van der Waals surface area contributed by atoms with Gasteiger partial charge < -0.3 is 9.47 Å². The first-order chi connectivity index (χ1) is 12.8. The van der Waals surface area contributed by atoms with Crippen LogP contribution in [0.5, 0.6) is 0 Å². The molecule has 8 nitrogen and oxygen atoms in total. The Morgan fingerprint density at radius 1 is 1.25 bits per heavy atom. The minimum absolute atomic E-state index is 0.0242. The molecule has 0 radical (unpaired) electrons. The summed E-state index contributed by atoms with van der Waals surface area (Å²) in [6, 6.07) is 0. The second-order valence-corrected chi connectivity index (χ2v) is 11.1. The third-order valence-electron chi connectivity index (χ3n) is 6.56. The first-order valence-corrected chi connectivity index (χ1v) is 11.6. The van der Waals surface area contributed by atoms with Gasteiger partial charge in [0.2, 0.25) is 15.9 Å². The van der Waals surface area contributed by atoms with Crippen LogP contribution in [0.15, 0.2) is 0 Å². The molecule has 9 heteroatoms. The van der Waals surface area contributed by atoms with Crippen molar-refractivity contribution in [3.63, 3.8) is 0 Å². The Morgan fingerprint density at radius 3 is 2.54 bits per heavy atom. The van der Waals surface area contributed by atoms with Crippen molar-refractivity contribution in [3.05, 3.63) is 0 Å². The summed E-state index contributed by atoms with van der Waals surface area (Å²) in [5.41, 5.74) is -2.80. The number of amides is 1. The van der Waals surface area contributed by atoms with Crippen LogP contribution in [0.4, 0.5) is 0 Å². The van der Waals surface area contributed by atoms with Gasteiger partial charge in [-0.05, 0) is 39.5 Å². The fourth-order valence-electron chi connectivity index (χ4n) is 4.79. The summed E-state index contributed by atoms with van der Waals surface area (Å²) in [7, 11) is -3.75. The van der Waals surface area contributed by atoms with Crippen LogP contribution in [0.1, 0.15) is 59.3 Å². The lowest BCUT2D eigenvalue weighted by Crippen LogP contribution is -2.62. The molecule has 4 rings (SSSR count). The normalized spacial score (nSPS) is 35.2. The van der Waals surface area contributed by atoms with E-state index in [1.807, 2.05) is 6.92 Å². The average Bonchev–Trinajstić information content (AvgIpc) is 2.56. The number of carbonyl (C=O) groups excluding carboxylic acids is 3. The number of ether oxygens (including phenoxy) is 2. The van der Waals surface area contributed by atoms with Crippen LogP contribution in [0.2, 0.25) is 0 Å². The Balaban J connectivity index is 1.99. The highest BCUT2D eigenvalue weighted by Crippen LogP contribution is 2.57. The van der Waals surface area contributed by atoms with Crippen LogP contribution < -0.4 is 4.72 Å². The first kappa shape index (κ1) is 21.2. The Bertz CT molecular complexity index is 805. The molecule has 4 aliphatic rings. The van der Waals surface area contributed by atoms with Gasteiger partial charge in [0.1, 0.15) is 12.2 Å². The second-order valence-electron chi connectivity index (χ2n) is 9.38. The number of rotatable bonds is 5. The van der Waals surface area contributed by atoms with Gasteiger partial charge in [0.25, 0.3) is 0 Å². The van der Waals surface area contributed by atoms with E-state index in [0.29, 0.717) is 25.7 Å². The topological polar surface area (TPSA) is 116 Å². The van der Waals surface area contributed by atoms with E-state index < -0.39 is 44.4 Å². The second kappa shape index (κ2) is 6.79. The van der Waals surface area contributed by atoms with Gasteiger partial charge in [-0.1, -0.05) is 6.92 Å². The van der Waals surface area contributed by atoms with Gasteiger partial charge in [-0.3, -0.25) is 19.1 Å². The highest BCUT2D eigenvalue weighted by atomic mass is 32.2. The van der Waals surface area contributed by atoms with E-state index in [4.69, 9.17) is 9.47 Å². The average molecular weight is 416 g/mol. The van der Waals surface area contributed by atoms with Gasteiger partial charge in [-0.25, -0.2) is 8.42 Å². The highest BCUT2D eigenvalue weighted by molar-refractivity contribution is 7.89. The highest BCUT2D eigenvalue weighted by Gasteiger charge is 2.62. The molecule has 2 aliphatic heterocycles. The number of ketones is 1. The zero-order chi connectivity index (χ0) is 21.0.